The monoisotopic (exact) mass is 214 g/mol. The minimum Gasteiger partial charge on any atom is -0.368 e. The molecule has 1 amide bonds. The molecule has 0 heterocycles. The third-order valence-corrected chi connectivity index (χ3v) is 2.43. The molecule has 1 atom stereocenters. The number of halogens is 2. The van der Waals surface area contributed by atoms with E-state index in [9.17, 15) is 13.6 Å². The van der Waals surface area contributed by atoms with Crippen LogP contribution in [0.5, 0.6) is 0 Å². The highest BCUT2D eigenvalue weighted by atomic mass is 19.1. The van der Waals surface area contributed by atoms with Crippen LogP contribution in [-0.4, -0.2) is 13.0 Å². The van der Waals surface area contributed by atoms with Crippen molar-refractivity contribution in [2.24, 2.45) is 5.73 Å². The van der Waals surface area contributed by atoms with Crippen molar-refractivity contribution < 1.29 is 13.6 Å². The van der Waals surface area contributed by atoms with Crippen LogP contribution in [0.4, 0.5) is 8.78 Å². The molecule has 5 heteroatoms. The van der Waals surface area contributed by atoms with Crippen molar-refractivity contribution in [1.82, 2.24) is 5.32 Å². The minimum atomic E-state index is -1.27. The van der Waals surface area contributed by atoms with Crippen molar-refractivity contribution in [1.29, 1.82) is 0 Å². The van der Waals surface area contributed by atoms with Gasteiger partial charge in [-0.2, -0.15) is 0 Å². The maximum Gasteiger partial charge on any atom is 0.242 e. The molecule has 0 aliphatic rings. The second kappa shape index (κ2) is 3.94. The van der Waals surface area contributed by atoms with Crippen molar-refractivity contribution in [2.45, 2.75) is 12.5 Å². The molecule has 0 spiro atoms. The van der Waals surface area contributed by atoms with Crippen LogP contribution in [0.1, 0.15) is 12.5 Å². The molecule has 0 saturated heterocycles. The van der Waals surface area contributed by atoms with Crippen LogP contribution in [-0.2, 0) is 10.3 Å². The second-order valence-corrected chi connectivity index (χ2v) is 3.40. The minimum absolute atomic E-state index is 0.162. The van der Waals surface area contributed by atoms with Gasteiger partial charge < -0.3 is 11.1 Å². The summed E-state index contributed by atoms with van der Waals surface area (Å²) in [4.78, 5) is 11.2. The quantitative estimate of drug-likeness (QED) is 0.785. The van der Waals surface area contributed by atoms with Gasteiger partial charge in [0.2, 0.25) is 5.91 Å². The molecule has 1 unspecified atom stereocenters. The molecule has 0 aliphatic heterocycles. The van der Waals surface area contributed by atoms with E-state index in [1.807, 2.05) is 0 Å². The topological polar surface area (TPSA) is 55.1 Å². The summed E-state index contributed by atoms with van der Waals surface area (Å²) in [5.41, 5.74) is 4.05. The predicted molar refractivity (Wildman–Crippen MR) is 52.0 cm³/mol. The van der Waals surface area contributed by atoms with E-state index < -0.39 is 23.1 Å². The lowest BCUT2D eigenvalue weighted by atomic mass is 9.91. The van der Waals surface area contributed by atoms with E-state index in [2.05, 4.69) is 5.32 Å². The number of benzene rings is 1. The molecule has 15 heavy (non-hydrogen) atoms. The van der Waals surface area contributed by atoms with Gasteiger partial charge in [0.05, 0.1) is 0 Å². The summed E-state index contributed by atoms with van der Waals surface area (Å²) in [6.07, 6.45) is 0. The van der Waals surface area contributed by atoms with Crippen LogP contribution in [0.3, 0.4) is 0 Å². The van der Waals surface area contributed by atoms with E-state index in [0.717, 1.165) is 18.2 Å². The molecule has 0 fully saturated rings. The van der Waals surface area contributed by atoms with E-state index in [1.54, 1.807) is 0 Å². The molecule has 1 aromatic carbocycles. The average molecular weight is 214 g/mol. The zero-order chi connectivity index (χ0) is 11.6. The highest BCUT2D eigenvalue weighted by molar-refractivity contribution is 5.85. The van der Waals surface area contributed by atoms with Crippen molar-refractivity contribution in [2.75, 3.05) is 7.05 Å². The first kappa shape index (κ1) is 11.6. The number of primary amides is 1. The summed E-state index contributed by atoms with van der Waals surface area (Å²) in [5.74, 6) is -2.18. The van der Waals surface area contributed by atoms with Crippen LogP contribution in [0, 0.1) is 11.6 Å². The Morgan fingerprint density at radius 2 is 1.80 bits per heavy atom. The van der Waals surface area contributed by atoms with E-state index in [1.165, 1.54) is 14.0 Å². The Morgan fingerprint density at radius 3 is 2.13 bits per heavy atom. The lowest BCUT2D eigenvalue weighted by Gasteiger charge is -2.25. The predicted octanol–water partition coefficient (Wildman–Crippen LogP) is 0.885. The Labute approximate surface area is 86.3 Å². The molecule has 0 aromatic heterocycles. The highest BCUT2D eigenvalue weighted by Gasteiger charge is 2.32. The second-order valence-electron chi connectivity index (χ2n) is 3.40. The number of rotatable bonds is 3. The smallest absolute Gasteiger partial charge is 0.242 e. The molecular formula is C10H12F2N2O. The molecule has 0 radical (unpaired) electrons. The van der Waals surface area contributed by atoms with Crippen molar-refractivity contribution >= 4 is 5.91 Å². The standard InChI is InChI=1S/C10H12F2N2O/c1-10(14-2,9(13)15)6-3-7(11)5-8(12)4-6/h3-5,14H,1-2H3,(H2,13,15). The van der Waals surface area contributed by atoms with Gasteiger partial charge in [-0.1, -0.05) is 0 Å². The maximum atomic E-state index is 12.9. The van der Waals surface area contributed by atoms with Gasteiger partial charge in [-0.25, -0.2) is 8.78 Å². The Hall–Kier alpha value is -1.49. The first-order valence-electron chi connectivity index (χ1n) is 4.35. The van der Waals surface area contributed by atoms with Gasteiger partial charge >= 0.3 is 0 Å². The van der Waals surface area contributed by atoms with Crippen LogP contribution >= 0.6 is 0 Å². The molecule has 1 aromatic rings. The van der Waals surface area contributed by atoms with Crippen LogP contribution in [0.2, 0.25) is 0 Å². The van der Waals surface area contributed by atoms with E-state index in [0.29, 0.717) is 0 Å². The van der Waals surface area contributed by atoms with Crippen molar-refractivity contribution in [3.05, 3.63) is 35.4 Å². The van der Waals surface area contributed by atoms with Gasteiger partial charge in [-0.3, -0.25) is 4.79 Å². The fourth-order valence-corrected chi connectivity index (χ4v) is 1.25. The van der Waals surface area contributed by atoms with E-state index in [4.69, 9.17) is 5.73 Å². The maximum absolute atomic E-state index is 12.9. The van der Waals surface area contributed by atoms with E-state index >= 15 is 0 Å². The van der Waals surface area contributed by atoms with Crippen LogP contribution in [0.25, 0.3) is 0 Å². The largest absolute Gasteiger partial charge is 0.368 e. The highest BCUT2D eigenvalue weighted by Crippen LogP contribution is 2.21. The first-order chi connectivity index (χ1) is 6.90. The van der Waals surface area contributed by atoms with Gasteiger partial charge in [-0.15, -0.1) is 0 Å². The van der Waals surface area contributed by atoms with E-state index in [-0.39, 0.29) is 5.56 Å². The Kier molecular flexibility index (Phi) is 3.04. The number of hydrogen-bond donors (Lipinski definition) is 2. The molecule has 82 valence electrons. The van der Waals surface area contributed by atoms with Gasteiger partial charge in [0.15, 0.2) is 0 Å². The van der Waals surface area contributed by atoms with Gasteiger partial charge in [0.25, 0.3) is 0 Å². The van der Waals surface area contributed by atoms with Crippen molar-refractivity contribution in [3.8, 4) is 0 Å². The SMILES string of the molecule is CNC(C)(C(N)=O)c1cc(F)cc(F)c1. The molecule has 3 nitrogen and oxygen atoms in total. The Bertz CT molecular complexity index is 375. The fraction of sp³-hybridized carbons (Fsp3) is 0.300. The average Bonchev–Trinajstić information content (AvgIpc) is 2.14. The number of amides is 1. The lowest BCUT2D eigenvalue weighted by Crippen LogP contribution is -2.48. The zero-order valence-electron chi connectivity index (χ0n) is 8.47. The van der Waals surface area contributed by atoms with Crippen LogP contribution in [0.15, 0.2) is 18.2 Å². The summed E-state index contributed by atoms with van der Waals surface area (Å²) < 4.78 is 25.9. The molecule has 0 saturated carbocycles. The Morgan fingerprint density at radius 1 is 1.33 bits per heavy atom. The van der Waals surface area contributed by atoms with Gasteiger partial charge in [0.1, 0.15) is 17.2 Å². The summed E-state index contributed by atoms with van der Waals surface area (Å²) in [6.45, 7) is 1.46. The van der Waals surface area contributed by atoms with Crippen LogP contribution < -0.4 is 11.1 Å². The fourth-order valence-electron chi connectivity index (χ4n) is 1.25. The molecule has 0 aliphatic carbocycles. The summed E-state index contributed by atoms with van der Waals surface area (Å²) in [5, 5.41) is 2.64. The Balaban J connectivity index is 3.29. The lowest BCUT2D eigenvalue weighted by molar-refractivity contribution is -0.123. The number of carbonyl (C=O) groups excluding carboxylic acids is 1. The zero-order valence-corrected chi connectivity index (χ0v) is 8.47. The molecule has 0 bridgehead atoms. The van der Waals surface area contributed by atoms with Crippen molar-refractivity contribution in [3.63, 3.8) is 0 Å². The third-order valence-electron chi connectivity index (χ3n) is 2.43. The molecule has 1 rings (SSSR count). The number of nitrogens with one attached hydrogen (secondary N) is 1. The summed E-state index contributed by atoms with van der Waals surface area (Å²) in [7, 11) is 1.49. The first-order valence-corrected chi connectivity index (χ1v) is 4.35. The van der Waals surface area contributed by atoms with Gasteiger partial charge in [-0.05, 0) is 31.7 Å². The molecule has 3 N–H and O–H groups in total. The number of nitrogens with two attached hydrogens (primary N) is 1. The van der Waals surface area contributed by atoms with Gasteiger partial charge in [0, 0.05) is 6.07 Å². The normalized spacial score (nSPS) is 14.7. The summed E-state index contributed by atoms with van der Waals surface area (Å²) in [6, 6.07) is 2.88. The number of likely N-dealkylation sites (N-methyl/N-ethyl adjacent to an activating group) is 1. The summed E-state index contributed by atoms with van der Waals surface area (Å²) >= 11 is 0. The molecular weight excluding hydrogens is 202 g/mol. The number of hydrogen-bond acceptors (Lipinski definition) is 2. The number of carbonyl (C=O) groups is 1. The third kappa shape index (κ3) is 2.12.